The summed E-state index contributed by atoms with van der Waals surface area (Å²) in [6.45, 7) is 6.70. The molecule has 0 spiro atoms. The van der Waals surface area contributed by atoms with Crippen LogP contribution in [0.25, 0.3) is 0 Å². The van der Waals surface area contributed by atoms with Gasteiger partial charge in [-0.2, -0.15) is 0 Å². The van der Waals surface area contributed by atoms with Gasteiger partial charge in [-0.25, -0.2) is 14.3 Å². The van der Waals surface area contributed by atoms with Crippen molar-refractivity contribution in [2.75, 3.05) is 0 Å². The molecular weight excluding hydrogens is 224 g/mol. The highest BCUT2D eigenvalue weighted by atomic mass is 16.6. The maximum atomic E-state index is 11.8. The van der Waals surface area contributed by atoms with E-state index in [4.69, 9.17) is 9.84 Å². The Bertz CT molecular complexity index is 431. The van der Waals surface area contributed by atoms with Crippen molar-refractivity contribution in [2.45, 2.75) is 39.2 Å². The van der Waals surface area contributed by atoms with Crippen LogP contribution in [0.15, 0.2) is 12.5 Å². The van der Waals surface area contributed by atoms with Gasteiger partial charge in [-0.3, -0.25) is 4.79 Å². The van der Waals surface area contributed by atoms with Crippen molar-refractivity contribution in [3.8, 4) is 0 Å². The third-order valence-electron chi connectivity index (χ3n) is 2.07. The van der Waals surface area contributed by atoms with Crippen molar-refractivity contribution in [1.29, 1.82) is 0 Å². The molecule has 0 aliphatic heterocycles. The van der Waals surface area contributed by atoms with E-state index in [-0.39, 0.29) is 0 Å². The Labute approximate surface area is 99.2 Å². The molecule has 0 aromatic carbocycles. The molecule has 0 fully saturated rings. The fraction of sp³-hybridized carbons (Fsp3) is 0.545. The zero-order chi connectivity index (χ0) is 13.2. The molecule has 1 aromatic rings. The molecule has 0 aliphatic carbocycles. The third kappa shape index (κ3) is 3.30. The van der Waals surface area contributed by atoms with E-state index in [9.17, 15) is 9.59 Å². The van der Waals surface area contributed by atoms with Crippen LogP contribution in [0.4, 0.5) is 4.79 Å². The van der Waals surface area contributed by atoms with E-state index in [0.717, 1.165) is 4.57 Å². The number of imidazole rings is 1. The van der Waals surface area contributed by atoms with Crippen LogP contribution in [-0.2, 0) is 9.53 Å². The molecule has 0 bridgehead atoms. The lowest BCUT2D eigenvalue weighted by Crippen LogP contribution is -2.28. The van der Waals surface area contributed by atoms with Crippen LogP contribution in [0.2, 0.25) is 0 Å². The van der Waals surface area contributed by atoms with E-state index < -0.39 is 23.6 Å². The average Bonchev–Trinajstić information content (AvgIpc) is 2.61. The van der Waals surface area contributed by atoms with Gasteiger partial charge in [-0.15, -0.1) is 0 Å². The number of nitrogens with zero attached hydrogens (tertiary/aromatic N) is 2. The molecule has 6 nitrogen and oxygen atoms in total. The predicted molar refractivity (Wildman–Crippen MR) is 59.9 cm³/mol. The first-order valence-electron chi connectivity index (χ1n) is 5.21. The second-order valence-electron chi connectivity index (χ2n) is 4.73. The molecule has 1 atom stereocenters. The number of carbonyl (C=O) groups excluding carboxylic acids is 1. The normalized spacial score (nSPS) is 13.2. The Kier molecular flexibility index (Phi) is 3.55. The number of aliphatic carboxylic acids is 1. The van der Waals surface area contributed by atoms with Crippen LogP contribution in [-0.4, -0.2) is 32.3 Å². The summed E-state index contributed by atoms with van der Waals surface area (Å²) < 4.78 is 6.26. The van der Waals surface area contributed by atoms with E-state index in [0.29, 0.717) is 5.69 Å². The second-order valence-corrected chi connectivity index (χ2v) is 4.73. The zero-order valence-electron chi connectivity index (χ0n) is 10.3. The first-order chi connectivity index (χ1) is 7.72. The lowest BCUT2D eigenvalue weighted by atomic mass is 10.1. The summed E-state index contributed by atoms with van der Waals surface area (Å²) in [5.41, 5.74) is -0.336. The molecule has 1 unspecified atom stereocenters. The molecule has 1 rings (SSSR count). The zero-order valence-corrected chi connectivity index (χ0v) is 10.3. The summed E-state index contributed by atoms with van der Waals surface area (Å²) in [6, 6.07) is 0. The van der Waals surface area contributed by atoms with E-state index >= 15 is 0 Å². The number of ether oxygens (including phenoxy) is 1. The third-order valence-corrected chi connectivity index (χ3v) is 2.07. The Balaban J connectivity index is 2.96. The number of rotatable bonds is 2. The lowest BCUT2D eigenvalue weighted by molar-refractivity contribution is -0.138. The number of carboxylic acids is 1. The minimum atomic E-state index is -1.02. The molecule has 0 saturated heterocycles. The van der Waals surface area contributed by atoms with Gasteiger partial charge in [0.25, 0.3) is 0 Å². The number of aromatic nitrogens is 2. The molecular formula is C11H16N2O4. The highest BCUT2D eigenvalue weighted by Gasteiger charge is 2.24. The smallest absolute Gasteiger partial charge is 0.420 e. The SMILES string of the molecule is CC(C(=O)O)c1cncn1C(=O)OC(C)(C)C. The minimum absolute atomic E-state index is 0.298. The summed E-state index contributed by atoms with van der Waals surface area (Å²) in [6.07, 6.45) is 1.98. The Hall–Kier alpha value is -1.85. The van der Waals surface area contributed by atoms with Crippen LogP contribution >= 0.6 is 0 Å². The van der Waals surface area contributed by atoms with Gasteiger partial charge in [-0.1, -0.05) is 0 Å². The maximum absolute atomic E-state index is 11.8. The van der Waals surface area contributed by atoms with Gasteiger partial charge in [0.15, 0.2) is 0 Å². The number of carbonyl (C=O) groups is 2. The summed E-state index contributed by atoms with van der Waals surface area (Å²) in [5.74, 6) is -1.83. The van der Waals surface area contributed by atoms with Crippen LogP contribution < -0.4 is 0 Å². The molecule has 17 heavy (non-hydrogen) atoms. The van der Waals surface area contributed by atoms with E-state index in [2.05, 4.69) is 4.98 Å². The minimum Gasteiger partial charge on any atom is -0.481 e. The van der Waals surface area contributed by atoms with Gasteiger partial charge in [0.05, 0.1) is 11.6 Å². The summed E-state index contributed by atoms with van der Waals surface area (Å²) >= 11 is 0. The quantitative estimate of drug-likeness (QED) is 0.853. The maximum Gasteiger partial charge on any atom is 0.420 e. The molecule has 1 heterocycles. The van der Waals surface area contributed by atoms with Crippen molar-refractivity contribution < 1.29 is 19.4 Å². The van der Waals surface area contributed by atoms with Crippen molar-refractivity contribution in [3.05, 3.63) is 18.2 Å². The van der Waals surface area contributed by atoms with E-state index in [1.54, 1.807) is 20.8 Å². The van der Waals surface area contributed by atoms with Gasteiger partial charge in [0.1, 0.15) is 11.9 Å². The molecule has 1 N–H and O–H groups in total. The molecule has 94 valence electrons. The van der Waals surface area contributed by atoms with Crippen molar-refractivity contribution in [1.82, 2.24) is 9.55 Å². The van der Waals surface area contributed by atoms with Gasteiger partial charge in [0, 0.05) is 6.20 Å². The van der Waals surface area contributed by atoms with Gasteiger partial charge >= 0.3 is 12.1 Å². The Morgan fingerprint density at radius 1 is 1.47 bits per heavy atom. The number of hydrogen-bond donors (Lipinski definition) is 1. The fourth-order valence-corrected chi connectivity index (χ4v) is 1.22. The Morgan fingerprint density at radius 3 is 2.53 bits per heavy atom. The highest BCUT2D eigenvalue weighted by molar-refractivity contribution is 5.78. The van der Waals surface area contributed by atoms with Crippen molar-refractivity contribution in [3.63, 3.8) is 0 Å². The monoisotopic (exact) mass is 240 g/mol. The first-order valence-corrected chi connectivity index (χ1v) is 5.21. The summed E-state index contributed by atoms with van der Waals surface area (Å²) in [4.78, 5) is 26.4. The van der Waals surface area contributed by atoms with Crippen molar-refractivity contribution >= 4 is 12.1 Å². The molecule has 1 aromatic heterocycles. The average molecular weight is 240 g/mol. The van der Waals surface area contributed by atoms with Gasteiger partial charge in [0.2, 0.25) is 0 Å². The van der Waals surface area contributed by atoms with Crippen LogP contribution in [0.3, 0.4) is 0 Å². The predicted octanol–water partition coefficient (Wildman–Crippen LogP) is 1.85. The molecule has 0 amide bonds. The van der Waals surface area contributed by atoms with E-state index in [1.165, 1.54) is 19.4 Å². The van der Waals surface area contributed by atoms with Gasteiger partial charge < -0.3 is 9.84 Å². The highest BCUT2D eigenvalue weighted by Crippen LogP contribution is 2.17. The molecule has 0 radical (unpaired) electrons. The molecule has 0 aliphatic rings. The van der Waals surface area contributed by atoms with Crippen LogP contribution in [0, 0.1) is 0 Å². The Morgan fingerprint density at radius 2 is 2.06 bits per heavy atom. The largest absolute Gasteiger partial charge is 0.481 e. The van der Waals surface area contributed by atoms with Crippen molar-refractivity contribution in [2.24, 2.45) is 0 Å². The standard InChI is InChI=1S/C11H16N2O4/c1-7(9(14)15)8-5-12-6-13(8)10(16)17-11(2,3)4/h5-7H,1-4H3,(H,14,15). The fourth-order valence-electron chi connectivity index (χ4n) is 1.22. The van der Waals surface area contributed by atoms with E-state index in [1.807, 2.05) is 0 Å². The summed E-state index contributed by atoms with van der Waals surface area (Å²) in [7, 11) is 0. The number of carboxylic acid groups (broad SMARTS) is 1. The summed E-state index contributed by atoms with van der Waals surface area (Å²) in [5, 5.41) is 8.90. The van der Waals surface area contributed by atoms with Crippen LogP contribution in [0.5, 0.6) is 0 Å². The second kappa shape index (κ2) is 4.57. The molecule has 0 saturated carbocycles. The lowest BCUT2D eigenvalue weighted by Gasteiger charge is -2.20. The first kappa shape index (κ1) is 13.2. The van der Waals surface area contributed by atoms with Crippen LogP contribution in [0.1, 0.15) is 39.3 Å². The molecule has 6 heteroatoms. The van der Waals surface area contributed by atoms with Gasteiger partial charge in [-0.05, 0) is 27.7 Å². The number of hydrogen-bond acceptors (Lipinski definition) is 4. The topological polar surface area (TPSA) is 81.4 Å².